The summed E-state index contributed by atoms with van der Waals surface area (Å²) in [5.74, 6) is -3.62. The van der Waals surface area contributed by atoms with E-state index in [2.05, 4.69) is 20.4 Å². The summed E-state index contributed by atoms with van der Waals surface area (Å²) in [7, 11) is 0. The van der Waals surface area contributed by atoms with Gasteiger partial charge in [0.15, 0.2) is 10.8 Å². The average molecular weight is 662 g/mol. The van der Waals surface area contributed by atoms with Crippen molar-refractivity contribution >= 4 is 80.9 Å². The number of carbonyl (C=O) groups excluding carboxylic acids is 3. The molecule has 0 spiro atoms. The van der Waals surface area contributed by atoms with Crippen molar-refractivity contribution in [3.8, 4) is 0 Å². The molecule has 16 nitrogen and oxygen atoms in total. The SMILES string of the molecule is CC[n+]1ccn2c(SCC3=C(C(=O)[O-])N4C(=O)C(NC(=O)/C(=N\OC(C)(C)C(=O)O)c5cnc(N)s5)C4SC3)nc(N)cc21. The molecule has 2 amide bonds. The number of oxime groups is 1. The monoisotopic (exact) mass is 661 g/mol. The highest BCUT2D eigenvalue weighted by molar-refractivity contribution is 8.01. The molecule has 5 rings (SSSR count). The first kappa shape index (κ1) is 31.1. The van der Waals surface area contributed by atoms with E-state index in [1.165, 1.54) is 43.6 Å². The third-order valence-corrected chi connectivity index (χ3v) is 9.95. The van der Waals surface area contributed by atoms with Crippen LogP contribution in [0.25, 0.3) is 5.65 Å². The van der Waals surface area contributed by atoms with E-state index in [1.54, 1.807) is 6.07 Å². The van der Waals surface area contributed by atoms with E-state index >= 15 is 0 Å². The Hall–Kier alpha value is -4.36. The Balaban J connectivity index is 1.35. The number of aromatic nitrogens is 4. The molecule has 1 fully saturated rings. The number of aryl methyl sites for hydroxylation is 1. The van der Waals surface area contributed by atoms with Crippen LogP contribution in [0.4, 0.5) is 10.9 Å². The minimum Gasteiger partial charge on any atom is -0.543 e. The Bertz CT molecular complexity index is 1750. The van der Waals surface area contributed by atoms with E-state index in [0.29, 0.717) is 16.5 Å². The highest BCUT2D eigenvalue weighted by Crippen LogP contribution is 2.41. The summed E-state index contributed by atoms with van der Waals surface area (Å²) in [6.07, 6.45) is 4.99. The maximum Gasteiger partial charge on any atom is 0.350 e. The van der Waals surface area contributed by atoms with E-state index in [4.69, 9.17) is 16.3 Å². The van der Waals surface area contributed by atoms with Gasteiger partial charge in [-0.1, -0.05) is 28.3 Å². The molecule has 0 aliphatic carbocycles. The number of thiazole rings is 1. The molecule has 44 heavy (non-hydrogen) atoms. The van der Waals surface area contributed by atoms with E-state index in [1.807, 2.05) is 28.3 Å². The number of carbonyl (C=O) groups is 4. The third kappa shape index (κ3) is 5.76. The van der Waals surface area contributed by atoms with Crippen LogP contribution in [0.5, 0.6) is 0 Å². The van der Waals surface area contributed by atoms with Crippen LogP contribution in [0.1, 0.15) is 25.6 Å². The molecule has 0 radical (unpaired) electrons. The van der Waals surface area contributed by atoms with Gasteiger partial charge >= 0.3 is 5.97 Å². The zero-order valence-electron chi connectivity index (χ0n) is 23.5. The van der Waals surface area contributed by atoms with Crippen molar-refractivity contribution < 1.29 is 38.8 Å². The summed E-state index contributed by atoms with van der Waals surface area (Å²) < 4.78 is 3.83. The van der Waals surface area contributed by atoms with Gasteiger partial charge in [-0.2, -0.15) is 9.38 Å². The summed E-state index contributed by atoms with van der Waals surface area (Å²) in [6, 6.07) is 0.644. The quantitative estimate of drug-likeness (QED) is 0.0485. The lowest BCUT2D eigenvalue weighted by molar-refractivity contribution is -0.667. The Labute approximate surface area is 262 Å². The number of imidazole rings is 1. The topological polar surface area (TPSA) is 235 Å². The number of nitrogens with zero attached hydrogens (tertiary/aromatic N) is 6. The number of anilines is 2. The molecule has 1 saturated heterocycles. The third-order valence-electron chi connectivity index (χ3n) is 6.74. The maximum atomic E-state index is 13.3. The van der Waals surface area contributed by atoms with E-state index in [0.717, 1.165) is 28.4 Å². The Kier molecular flexibility index (Phi) is 8.45. The van der Waals surface area contributed by atoms with E-state index < -0.39 is 40.8 Å². The fourth-order valence-electron chi connectivity index (χ4n) is 4.39. The minimum absolute atomic E-state index is 0.122. The van der Waals surface area contributed by atoms with Crippen LogP contribution < -0.4 is 26.5 Å². The second-order valence-corrected chi connectivity index (χ2v) is 13.2. The van der Waals surface area contributed by atoms with Gasteiger partial charge in [0.1, 0.15) is 29.6 Å². The summed E-state index contributed by atoms with van der Waals surface area (Å²) in [4.78, 5) is 64.9. The fraction of sp³-hybridized carbons (Fsp3) is 0.360. The van der Waals surface area contributed by atoms with Crippen molar-refractivity contribution in [2.45, 2.75) is 49.5 Å². The lowest BCUT2D eigenvalue weighted by Crippen LogP contribution is -2.71. The van der Waals surface area contributed by atoms with Crippen LogP contribution in [0.15, 0.2) is 46.2 Å². The zero-order valence-corrected chi connectivity index (χ0v) is 26.0. The molecule has 0 saturated carbocycles. The second kappa shape index (κ2) is 12.0. The number of fused-ring (bicyclic) bond motifs is 2. The number of hydrogen-bond acceptors (Lipinski definition) is 14. The van der Waals surface area contributed by atoms with Gasteiger partial charge in [0.05, 0.1) is 29.2 Å². The van der Waals surface area contributed by atoms with Crippen LogP contribution in [0, 0.1) is 0 Å². The van der Waals surface area contributed by atoms with Gasteiger partial charge in [0.25, 0.3) is 22.6 Å². The highest BCUT2D eigenvalue weighted by Gasteiger charge is 2.53. The Morgan fingerprint density at radius 1 is 1.36 bits per heavy atom. The molecule has 2 unspecified atom stereocenters. The summed E-state index contributed by atoms with van der Waals surface area (Å²) in [5.41, 5.74) is 10.6. The summed E-state index contributed by atoms with van der Waals surface area (Å²) >= 11 is 3.45. The molecule has 2 atom stereocenters. The standard InChI is InChI=1S/C25H27N9O7S3/c1-4-32-5-6-33-14(32)7-13(26)29-24(33)43-10-11-9-42-20-16(19(36)34(20)17(11)21(37)38)30-18(35)15(12-8-28-23(27)44-12)31-41-25(2,3)22(39)40/h5-8,16,20,26H,4,9-10H2,1-3H3,(H5,27,28,30,31,35,37,38,39,40). The van der Waals surface area contributed by atoms with Crippen LogP contribution in [0.3, 0.4) is 0 Å². The van der Waals surface area contributed by atoms with Crippen molar-refractivity contribution in [1.82, 2.24) is 24.6 Å². The van der Waals surface area contributed by atoms with Gasteiger partial charge in [0, 0.05) is 17.7 Å². The number of rotatable bonds is 11. The largest absolute Gasteiger partial charge is 0.543 e. The van der Waals surface area contributed by atoms with Gasteiger partial charge in [-0.3, -0.25) is 14.5 Å². The molecular formula is C25H27N9O7S3. The Morgan fingerprint density at radius 3 is 2.75 bits per heavy atom. The molecule has 0 aromatic carbocycles. The molecular weight excluding hydrogens is 635 g/mol. The van der Waals surface area contributed by atoms with Crippen LogP contribution in [-0.2, 0) is 30.6 Å². The first-order valence-electron chi connectivity index (χ1n) is 13.0. The minimum atomic E-state index is -1.77. The number of nitrogens with one attached hydrogen (secondary N) is 1. The van der Waals surface area contributed by atoms with Gasteiger partial charge in [-0.25, -0.2) is 14.3 Å². The number of nitrogen functional groups attached to an aromatic ring is 2. The number of β-lactam (4-membered cyclic amide) rings is 1. The molecule has 3 aromatic heterocycles. The van der Waals surface area contributed by atoms with Crippen molar-refractivity contribution in [3.05, 3.63) is 40.8 Å². The molecule has 232 valence electrons. The first-order chi connectivity index (χ1) is 20.8. The van der Waals surface area contributed by atoms with Crippen LogP contribution in [0.2, 0.25) is 0 Å². The first-order valence-corrected chi connectivity index (χ1v) is 15.9. The predicted octanol–water partition coefficient (Wildman–Crippen LogP) is -0.957. The molecule has 19 heteroatoms. The van der Waals surface area contributed by atoms with Crippen LogP contribution >= 0.6 is 34.9 Å². The second-order valence-electron chi connectivity index (χ2n) is 10.1. The Morgan fingerprint density at radius 2 is 2.11 bits per heavy atom. The number of nitrogens with two attached hydrogens (primary N) is 2. The highest BCUT2D eigenvalue weighted by atomic mass is 32.2. The maximum absolute atomic E-state index is 13.3. The normalized spacial score (nSPS) is 18.7. The van der Waals surface area contributed by atoms with Crippen molar-refractivity contribution in [2.24, 2.45) is 5.16 Å². The van der Waals surface area contributed by atoms with Crippen molar-refractivity contribution in [2.75, 3.05) is 23.0 Å². The lowest BCUT2D eigenvalue weighted by atomic mass is 10.0. The predicted molar refractivity (Wildman–Crippen MR) is 159 cm³/mol. The van der Waals surface area contributed by atoms with E-state index in [-0.39, 0.29) is 32.9 Å². The zero-order chi connectivity index (χ0) is 31.9. The fourth-order valence-corrected chi connectivity index (χ4v) is 7.53. The lowest BCUT2D eigenvalue weighted by Gasteiger charge is -2.50. The molecule has 2 aliphatic heterocycles. The smallest absolute Gasteiger partial charge is 0.350 e. The van der Waals surface area contributed by atoms with E-state index in [9.17, 15) is 29.4 Å². The average Bonchev–Trinajstić information content (AvgIpc) is 3.59. The van der Waals surface area contributed by atoms with Gasteiger partial charge in [-0.05, 0) is 26.3 Å². The molecule has 5 heterocycles. The van der Waals surface area contributed by atoms with Gasteiger partial charge < -0.3 is 36.6 Å². The van der Waals surface area contributed by atoms with Gasteiger partial charge in [-0.15, -0.1) is 11.8 Å². The number of amides is 2. The number of carboxylic acid groups (broad SMARTS) is 2. The van der Waals surface area contributed by atoms with Crippen LogP contribution in [-0.4, -0.2) is 82.4 Å². The number of thioether (sulfide) groups is 2. The summed E-state index contributed by atoms with van der Waals surface area (Å²) in [5, 5.41) is 27.9. The number of carboxylic acids is 2. The number of aliphatic carboxylic acids is 2. The van der Waals surface area contributed by atoms with Gasteiger partial charge in [0.2, 0.25) is 5.60 Å². The molecule has 6 N–H and O–H groups in total. The summed E-state index contributed by atoms with van der Waals surface area (Å²) in [6.45, 7) is 5.20. The molecule has 0 bridgehead atoms. The molecule has 3 aromatic rings. The van der Waals surface area contributed by atoms with Crippen molar-refractivity contribution in [3.63, 3.8) is 0 Å². The number of hydrogen-bond donors (Lipinski definition) is 4. The molecule has 2 aliphatic rings. The van der Waals surface area contributed by atoms with Crippen molar-refractivity contribution in [1.29, 1.82) is 0 Å².